The largest absolute Gasteiger partial charge is 0.484 e. The van der Waals surface area contributed by atoms with Gasteiger partial charge in [0.25, 0.3) is 0 Å². The summed E-state index contributed by atoms with van der Waals surface area (Å²) in [6.45, 7) is 13.5. The minimum absolute atomic E-state index is 0.0748. The second-order valence-corrected chi connectivity index (χ2v) is 8.37. The fourth-order valence-electron chi connectivity index (χ4n) is 3.99. The molecular weight excluding hydrogens is 300 g/mol. The molecule has 2 aliphatic rings. The number of nitrogens with one attached hydrogen (secondary N) is 1. The zero-order valence-electron chi connectivity index (χ0n) is 15.6. The molecule has 0 aromatic heterocycles. The lowest BCUT2D eigenvalue weighted by Crippen LogP contribution is -2.47. The highest BCUT2D eigenvalue weighted by Gasteiger charge is 2.31. The van der Waals surface area contributed by atoms with E-state index in [0.717, 1.165) is 36.6 Å². The van der Waals surface area contributed by atoms with Gasteiger partial charge in [-0.25, -0.2) is 0 Å². The number of benzene rings is 1. The van der Waals surface area contributed by atoms with Gasteiger partial charge < -0.3 is 10.1 Å². The van der Waals surface area contributed by atoms with Crippen LogP contribution in [0.2, 0.25) is 0 Å². The van der Waals surface area contributed by atoms with E-state index in [-0.39, 0.29) is 17.4 Å². The van der Waals surface area contributed by atoms with Crippen LogP contribution in [0.5, 0.6) is 5.75 Å². The molecule has 1 fully saturated rings. The molecule has 1 N–H and O–H groups in total. The van der Waals surface area contributed by atoms with Gasteiger partial charge in [0.1, 0.15) is 11.4 Å². The number of Topliss-reactive ketones (excluding diaryl/α,β-unsaturated/α-hetero) is 1. The molecule has 3 atom stereocenters. The van der Waals surface area contributed by atoms with Crippen LogP contribution in [0, 0.1) is 11.8 Å². The van der Waals surface area contributed by atoms with Crippen LogP contribution in [0.1, 0.15) is 51.4 Å². The Morgan fingerprint density at radius 1 is 1.29 bits per heavy atom. The highest BCUT2D eigenvalue weighted by Crippen LogP contribution is 2.34. The first kappa shape index (κ1) is 17.3. The van der Waals surface area contributed by atoms with Crippen LogP contribution in [0.25, 0.3) is 0 Å². The van der Waals surface area contributed by atoms with Gasteiger partial charge in [-0.05, 0) is 57.2 Å². The number of ether oxygens (including phenoxy) is 1. The molecule has 1 aromatic carbocycles. The van der Waals surface area contributed by atoms with Crippen molar-refractivity contribution in [1.29, 1.82) is 0 Å². The third-order valence-electron chi connectivity index (χ3n) is 5.18. The van der Waals surface area contributed by atoms with Crippen LogP contribution in [-0.4, -0.2) is 42.0 Å². The summed E-state index contributed by atoms with van der Waals surface area (Å²) in [5.41, 5.74) is 1.47. The Balaban J connectivity index is 1.75. The van der Waals surface area contributed by atoms with E-state index in [1.165, 1.54) is 6.42 Å². The smallest absolute Gasteiger partial charge is 0.179 e. The van der Waals surface area contributed by atoms with Gasteiger partial charge in [-0.2, -0.15) is 0 Å². The van der Waals surface area contributed by atoms with E-state index >= 15 is 0 Å². The normalized spacial score (nSPS) is 27.5. The number of fused-ring (bicyclic) bond motifs is 1. The Labute approximate surface area is 145 Å². The van der Waals surface area contributed by atoms with Gasteiger partial charge in [-0.15, -0.1) is 0 Å². The van der Waals surface area contributed by atoms with Crippen LogP contribution >= 0.6 is 0 Å². The molecule has 4 nitrogen and oxygen atoms in total. The van der Waals surface area contributed by atoms with Crippen molar-refractivity contribution in [2.45, 2.75) is 52.7 Å². The minimum atomic E-state index is -0.216. The van der Waals surface area contributed by atoms with Crippen molar-refractivity contribution in [2.24, 2.45) is 11.8 Å². The van der Waals surface area contributed by atoms with E-state index in [4.69, 9.17) is 4.74 Å². The Hall–Kier alpha value is -1.55. The third kappa shape index (κ3) is 3.59. The Morgan fingerprint density at radius 3 is 2.62 bits per heavy atom. The monoisotopic (exact) mass is 330 g/mol. The number of piperidine rings is 1. The molecule has 0 spiro atoms. The van der Waals surface area contributed by atoms with Gasteiger partial charge in [0.2, 0.25) is 0 Å². The molecule has 4 heteroatoms. The Morgan fingerprint density at radius 2 is 1.96 bits per heavy atom. The zero-order valence-corrected chi connectivity index (χ0v) is 15.6. The average Bonchev–Trinajstić information content (AvgIpc) is 2.51. The molecule has 3 rings (SSSR count). The maximum atomic E-state index is 13.0. The number of hydrogen-bond acceptors (Lipinski definition) is 4. The highest BCUT2D eigenvalue weighted by atomic mass is 16.5. The summed E-state index contributed by atoms with van der Waals surface area (Å²) in [6.07, 6.45) is 1.26. The number of anilines is 1. The van der Waals surface area contributed by atoms with Crippen molar-refractivity contribution < 1.29 is 9.53 Å². The molecule has 2 heterocycles. The lowest BCUT2D eigenvalue weighted by Gasteiger charge is -2.38. The molecule has 0 radical (unpaired) electrons. The number of likely N-dealkylation sites (tertiary alicyclic amines) is 1. The van der Waals surface area contributed by atoms with E-state index in [2.05, 4.69) is 37.9 Å². The third-order valence-corrected chi connectivity index (χ3v) is 5.18. The lowest BCUT2D eigenvalue weighted by molar-refractivity contribution is 0.0686. The number of ketones is 1. The van der Waals surface area contributed by atoms with Crippen molar-refractivity contribution in [3.05, 3.63) is 23.8 Å². The summed E-state index contributed by atoms with van der Waals surface area (Å²) >= 11 is 0. The van der Waals surface area contributed by atoms with Crippen molar-refractivity contribution in [2.75, 3.05) is 25.0 Å². The highest BCUT2D eigenvalue weighted by molar-refractivity contribution is 6.01. The van der Waals surface area contributed by atoms with E-state index in [1.807, 2.05) is 25.1 Å². The minimum Gasteiger partial charge on any atom is -0.484 e. The van der Waals surface area contributed by atoms with E-state index in [1.54, 1.807) is 0 Å². The number of rotatable bonds is 3. The van der Waals surface area contributed by atoms with Crippen LogP contribution in [0.15, 0.2) is 18.2 Å². The van der Waals surface area contributed by atoms with Crippen molar-refractivity contribution in [3.63, 3.8) is 0 Å². The van der Waals surface area contributed by atoms with Crippen LogP contribution in [-0.2, 0) is 0 Å². The summed E-state index contributed by atoms with van der Waals surface area (Å²) in [6, 6.07) is 5.69. The first-order chi connectivity index (χ1) is 11.2. The molecule has 1 aromatic rings. The fraction of sp³-hybridized carbons (Fsp3) is 0.650. The van der Waals surface area contributed by atoms with E-state index in [9.17, 15) is 4.79 Å². The van der Waals surface area contributed by atoms with Gasteiger partial charge in [0, 0.05) is 18.7 Å². The first-order valence-corrected chi connectivity index (χ1v) is 9.10. The molecule has 0 bridgehead atoms. The van der Waals surface area contributed by atoms with Crippen LogP contribution < -0.4 is 10.1 Å². The van der Waals surface area contributed by atoms with Crippen molar-refractivity contribution >= 4 is 11.5 Å². The van der Waals surface area contributed by atoms with Gasteiger partial charge >= 0.3 is 0 Å². The molecule has 0 aliphatic carbocycles. The van der Waals surface area contributed by atoms with Crippen molar-refractivity contribution in [1.82, 2.24) is 4.90 Å². The molecule has 3 unspecified atom stereocenters. The average molecular weight is 330 g/mol. The quantitative estimate of drug-likeness (QED) is 0.856. The summed E-state index contributed by atoms with van der Waals surface area (Å²) in [7, 11) is 0. The predicted molar refractivity (Wildman–Crippen MR) is 97.9 cm³/mol. The first-order valence-electron chi connectivity index (χ1n) is 9.10. The zero-order chi connectivity index (χ0) is 17.5. The molecule has 0 saturated carbocycles. The summed E-state index contributed by atoms with van der Waals surface area (Å²) < 4.78 is 5.97. The molecule has 132 valence electrons. The summed E-state index contributed by atoms with van der Waals surface area (Å²) in [5.74, 6) is 2.34. The number of carbonyl (C=O) groups is 1. The van der Waals surface area contributed by atoms with Gasteiger partial charge in [0.15, 0.2) is 5.78 Å². The molecule has 24 heavy (non-hydrogen) atoms. The molecular formula is C20H30N2O2. The second-order valence-electron chi connectivity index (χ2n) is 8.37. The molecule has 1 saturated heterocycles. The fourth-order valence-corrected chi connectivity index (χ4v) is 3.99. The predicted octanol–water partition coefficient (Wildman–Crippen LogP) is 3.82. The number of nitrogens with zero attached hydrogens (tertiary/aromatic N) is 1. The van der Waals surface area contributed by atoms with Gasteiger partial charge in [0.05, 0.1) is 18.3 Å². The topological polar surface area (TPSA) is 41.6 Å². The number of hydrogen-bond donors (Lipinski definition) is 1. The van der Waals surface area contributed by atoms with Crippen molar-refractivity contribution in [3.8, 4) is 5.75 Å². The maximum Gasteiger partial charge on any atom is 0.179 e. The van der Waals surface area contributed by atoms with Gasteiger partial charge in [-0.1, -0.05) is 13.8 Å². The molecule has 2 aliphatic heterocycles. The maximum absolute atomic E-state index is 13.0. The lowest BCUT2D eigenvalue weighted by atomic mass is 9.90. The standard InChI is InChI=1S/C20H30N2O2/c1-13-8-14(2)11-22(10-13)15(3)19(23)16-6-7-18-17(9-16)21-12-20(4,5)24-18/h6-7,9,13-15,21H,8,10-12H2,1-5H3. The SMILES string of the molecule is CC1CC(C)CN(C(C)C(=O)c2ccc3c(c2)NCC(C)(C)O3)C1. The summed E-state index contributed by atoms with van der Waals surface area (Å²) in [5, 5.41) is 3.39. The molecule has 0 amide bonds. The second kappa shape index (κ2) is 6.40. The van der Waals surface area contributed by atoms with E-state index < -0.39 is 0 Å². The number of carbonyl (C=O) groups excluding carboxylic acids is 1. The summed E-state index contributed by atoms with van der Waals surface area (Å²) in [4.78, 5) is 15.3. The van der Waals surface area contributed by atoms with E-state index in [0.29, 0.717) is 11.8 Å². The Kier molecular flexibility index (Phi) is 4.60. The Bertz CT molecular complexity index is 616. The van der Waals surface area contributed by atoms with Crippen LogP contribution in [0.3, 0.4) is 0 Å². The van der Waals surface area contributed by atoms with Gasteiger partial charge in [-0.3, -0.25) is 9.69 Å². The van der Waals surface area contributed by atoms with Crippen LogP contribution in [0.4, 0.5) is 5.69 Å².